The van der Waals surface area contributed by atoms with Gasteiger partial charge in [-0.1, -0.05) is 61.8 Å². The van der Waals surface area contributed by atoms with Gasteiger partial charge in [0.05, 0.1) is 5.57 Å². The van der Waals surface area contributed by atoms with E-state index in [2.05, 4.69) is 5.32 Å². The summed E-state index contributed by atoms with van der Waals surface area (Å²) in [5.74, 6) is 0.0485. The first kappa shape index (κ1) is 18.2. The molecule has 2 aromatic carbocycles. The van der Waals surface area contributed by atoms with Crippen LogP contribution in [0.3, 0.4) is 0 Å². The zero-order valence-corrected chi connectivity index (χ0v) is 15.7. The first-order valence-corrected chi connectivity index (χ1v) is 8.72. The molecule has 0 bridgehead atoms. The molecule has 2 aromatic rings. The Morgan fingerprint density at radius 3 is 2.46 bits per heavy atom. The third-order valence-electron chi connectivity index (χ3n) is 4.57. The number of hydrogen-bond acceptors (Lipinski definition) is 3. The second kappa shape index (κ2) is 6.96. The van der Waals surface area contributed by atoms with Crippen molar-refractivity contribution < 1.29 is 14.3 Å². The summed E-state index contributed by atoms with van der Waals surface area (Å²) in [6.07, 6.45) is 0. The molecule has 1 heterocycles. The second-order valence-corrected chi connectivity index (χ2v) is 7.41. The van der Waals surface area contributed by atoms with E-state index in [4.69, 9.17) is 16.3 Å². The number of halogens is 1. The van der Waals surface area contributed by atoms with E-state index < -0.39 is 5.41 Å². The molecule has 134 valence electrons. The lowest BCUT2D eigenvalue weighted by Crippen LogP contribution is -2.42. The predicted octanol–water partition coefficient (Wildman–Crippen LogP) is 4.36. The zero-order chi connectivity index (χ0) is 18.9. The van der Waals surface area contributed by atoms with Crippen molar-refractivity contribution in [3.8, 4) is 11.1 Å². The van der Waals surface area contributed by atoms with Crippen molar-refractivity contribution in [2.45, 2.75) is 20.8 Å². The van der Waals surface area contributed by atoms with Crippen LogP contribution < -0.4 is 5.32 Å². The molecule has 0 fully saturated rings. The fraction of sp³-hybridized carbons (Fsp3) is 0.238. The number of carbonyl (C=O) groups excluding carboxylic acids is 2. The first-order chi connectivity index (χ1) is 12.3. The fourth-order valence-corrected chi connectivity index (χ4v) is 3.62. The summed E-state index contributed by atoms with van der Waals surface area (Å²) in [6.45, 7) is 6.46. The lowest BCUT2D eigenvalue weighted by atomic mass is 9.81. The summed E-state index contributed by atoms with van der Waals surface area (Å²) in [7, 11) is 0. The third kappa shape index (κ3) is 3.25. The fourth-order valence-electron chi connectivity index (χ4n) is 3.26. The quantitative estimate of drug-likeness (QED) is 0.815. The van der Waals surface area contributed by atoms with Gasteiger partial charge in [0, 0.05) is 22.5 Å². The molecule has 0 unspecified atom stereocenters. The van der Waals surface area contributed by atoms with Crippen molar-refractivity contribution >= 4 is 29.6 Å². The highest BCUT2D eigenvalue weighted by Crippen LogP contribution is 2.41. The van der Waals surface area contributed by atoms with Crippen LogP contribution in [0.5, 0.6) is 0 Å². The molecule has 0 aliphatic carbocycles. The van der Waals surface area contributed by atoms with Gasteiger partial charge in [0.25, 0.3) is 12.4 Å². The minimum atomic E-state index is -0.516. The first-order valence-electron chi connectivity index (χ1n) is 8.34. The Balaban J connectivity index is 2.22. The number of rotatable bonds is 4. The average Bonchev–Trinajstić information content (AvgIpc) is 2.61. The van der Waals surface area contributed by atoms with Crippen LogP contribution in [0.25, 0.3) is 16.7 Å². The van der Waals surface area contributed by atoms with Crippen LogP contribution in [-0.4, -0.2) is 18.9 Å². The van der Waals surface area contributed by atoms with Gasteiger partial charge in [0.2, 0.25) is 0 Å². The van der Waals surface area contributed by atoms with Crippen LogP contribution in [0.4, 0.5) is 0 Å². The molecule has 0 atom stereocenters. The molecule has 1 amide bonds. The van der Waals surface area contributed by atoms with Crippen molar-refractivity contribution in [2.24, 2.45) is 5.41 Å². The number of ether oxygens (including phenoxy) is 1. The maximum absolute atomic E-state index is 12.6. The number of hydrogen-bond donors (Lipinski definition) is 1. The second-order valence-electron chi connectivity index (χ2n) is 7.00. The van der Waals surface area contributed by atoms with Crippen molar-refractivity contribution in [3.05, 3.63) is 64.4 Å². The van der Waals surface area contributed by atoms with E-state index in [-0.39, 0.29) is 5.91 Å². The van der Waals surface area contributed by atoms with Crippen LogP contribution >= 0.6 is 11.6 Å². The van der Waals surface area contributed by atoms with E-state index in [1.807, 2.05) is 63.2 Å². The number of amides is 1. The summed E-state index contributed by atoms with van der Waals surface area (Å²) in [5, 5.41) is 3.30. The lowest BCUT2D eigenvalue weighted by molar-refractivity contribution is -0.127. The Morgan fingerprint density at radius 1 is 1.15 bits per heavy atom. The molecule has 5 heteroatoms. The Hall–Kier alpha value is -2.59. The lowest BCUT2D eigenvalue weighted by Gasteiger charge is -2.33. The Morgan fingerprint density at radius 2 is 1.85 bits per heavy atom. The molecule has 0 spiro atoms. The molecule has 3 rings (SSSR count). The van der Waals surface area contributed by atoms with Gasteiger partial charge < -0.3 is 10.1 Å². The minimum absolute atomic E-state index is 0.293. The molecule has 1 aliphatic rings. The van der Waals surface area contributed by atoms with Gasteiger partial charge >= 0.3 is 0 Å². The van der Waals surface area contributed by atoms with E-state index in [0.29, 0.717) is 34.9 Å². The third-order valence-corrected chi connectivity index (χ3v) is 4.87. The molecule has 0 saturated carbocycles. The maximum Gasteiger partial charge on any atom is 0.298 e. The molecular formula is C21H20ClNO3. The monoisotopic (exact) mass is 369 g/mol. The van der Waals surface area contributed by atoms with Crippen LogP contribution in [0, 0.1) is 12.3 Å². The summed E-state index contributed by atoms with van der Waals surface area (Å²) in [6, 6.07) is 13.7. The summed E-state index contributed by atoms with van der Waals surface area (Å²) >= 11 is 6.58. The molecule has 4 nitrogen and oxygen atoms in total. The van der Waals surface area contributed by atoms with Crippen molar-refractivity contribution in [3.63, 3.8) is 0 Å². The van der Waals surface area contributed by atoms with Crippen LogP contribution in [-0.2, 0) is 14.3 Å². The largest absolute Gasteiger partial charge is 0.432 e. The Kier molecular flexibility index (Phi) is 4.88. The standard InChI is InChI=1S/C21H20ClNO3/c1-13-9-15(14-7-5-4-6-8-14)10-16(22)17(13)18-19(26-12-24)21(2,3)11-23-20(18)25/h4-10,12H,11H2,1-3H3,(H,23,25). The van der Waals surface area contributed by atoms with E-state index >= 15 is 0 Å². The number of carbonyl (C=O) groups is 2. The van der Waals surface area contributed by atoms with Crippen LogP contribution in [0.1, 0.15) is 25.0 Å². The summed E-state index contributed by atoms with van der Waals surface area (Å²) < 4.78 is 5.24. The van der Waals surface area contributed by atoms with Crippen LogP contribution in [0.2, 0.25) is 5.02 Å². The summed E-state index contributed by atoms with van der Waals surface area (Å²) in [5.41, 5.74) is 3.23. The van der Waals surface area contributed by atoms with Gasteiger partial charge in [-0.05, 0) is 29.7 Å². The van der Waals surface area contributed by atoms with E-state index in [1.54, 1.807) is 0 Å². The highest BCUT2D eigenvalue weighted by Gasteiger charge is 2.38. The highest BCUT2D eigenvalue weighted by atomic mass is 35.5. The maximum atomic E-state index is 12.6. The Bertz CT molecular complexity index is 878. The number of benzene rings is 2. The normalized spacial score (nSPS) is 16.2. The van der Waals surface area contributed by atoms with E-state index in [0.717, 1.165) is 16.7 Å². The highest BCUT2D eigenvalue weighted by molar-refractivity contribution is 6.35. The molecule has 1 aliphatic heterocycles. The van der Waals surface area contributed by atoms with Crippen molar-refractivity contribution in [1.82, 2.24) is 5.32 Å². The SMILES string of the molecule is Cc1cc(-c2ccccc2)cc(Cl)c1C1=C(OC=O)C(C)(C)CNC1=O. The molecule has 1 N–H and O–H groups in total. The van der Waals surface area contributed by atoms with E-state index in [9.17, 15) is 9.59 Å². The van der Waals surface area contributed by atoms with Gasteiger partial charge in [-0.15, -0.1) is 0 Å². The topological polar surface area (TPSA) is 55.4 Å². The van der Waals surface area contributed by atoms with E-state index in [1.165, 1.54) is 0 Å². The molecule has 0 saturated heterocycles. The predicted molar refractivity (Wildman–Crippen MR) is 102 cm³/mol. The molecule has 26 heavy (non-hydrogen) atoms. The zero-order valence-electron chi connectivity index (χ0n) is 14.9. The van der Waals surface area contributed by atoms with Gasteiger partial charge in [-0.2, -0.15) is 0 Å². The molecule has 0 radical (unpaired) electrons. The average molecular weight is 370 g/mol. The molecule has 0 aromatic heterocycles. The van der Waals surface area contributed by atoms with Gasteiger partial charge in [0.15, 0.2) is 0 Å². The molecular weight excluding hydrogens is 350 g/mol. The smallest absolute Gasteiger partial charge is 0.298 e. The number of nitrogens with one attached hydrogen (secondary N) is 1. The minimum Gasteiger partial charge on any atom is -0.432 e. The van der Waals surface area contributed by atoms with Crippen LogP contribution in [0.15, 0.2) is 48.2 Å². The number of aryl methyl sites for hydroxylation is 1. The van der Waals surface area contributed by atoms with Crippen molar-refractivity contribution in [2.75, 3.05) is 6.54 Å². The van der Waals surface area contributed by atoms with Gasteiger partial charge in [-0.25, -0.2) is 0 Å². The van der Waals surface area contributed by atoms with Crippen molar-refractivity contribution in [1.29, 1.82) is 0 Å². The van der Waals surface area contributed by atoms with Gasteiger partial charge in [-0.3, -0.25) is 9.59 Å². The summed E-state index contributed by atoms with van der Waals surface area (Å²) in [4.78, 5) is 23.6. The van der Waals surface area contributed by atoms with Gasteiger partial charge in [0.1, 0.15) is 5.76 Å². The Labute approximate surface area is 157 Å².